The van der Waals surface area contributed by atoms with Crippen LogP contribution in [0, 0.1) is 3.57 Å². The van der Waals surface area contributed by atoms with Crippen molar-refractivity contribution < 1.29 is 4.74 Å². The Hall–Kier alpha value is -0.140. The molecule has 1 fully saturated rings. The Kier molecular flexibility index (Phi) is 5.24. The van der Waals surface area contributed by atoms with Crippen molar-refractivity contribution in [2.24, 2.45) is 0 Å². The molecule has 0 bridgehead atoms. The highest BCUT2D eigenvalue weighted by Gasteiger charge is 2.21. The Morgan fingerprint density at radius 3 is 2.88 bits per heavy atom. The molecule has 94 valence electrons. The van der Waals surface area contributed by atoms with Gasteiger partial charge in [-0.25, -0.2) is 9.97 Å². The van der Waals surface area contributed by atoms with Crippen LogP contribution in [-0.2, 0) is 4.74 Å². The highest BCUT2D eigenvalue weighted by Crippen LogP contribution is 2.23. The first-order valence-corrected chi connectivity index (χ1v) is 7.30. The smallest absolute Gasteiger partial charge is 0.145 e. The van der Waals surface area contributed by atoms with E-state index < -0.39 is 0 Å². The van der Waals surface area contributed by atoms with Crippen LogP contribution in [0.5, 0.6) is 0 Å². The lowest BCUT2D eigenvalue weighted by Gasteiger charge is -2.32. The fourth-order valence-electron chi connectivity index (χ4n) is 1.98. The number of hydrogen-bond acceptors (Lipinski definition) is 4. The van der Waals surface area contributed by atoms with Gasteiger partial charge in [0, 0.05) is 25.2 Å². The number of aromatic nitrogens is 2. The lowest BCUT2D eigenvalue weighted by molar-refractivity contribution is 0.0470. The maximum Gasteiger partial charge on any atom is 0.145 e. The molecule has 0 saturated carbocycles. The van der Waals surface area contributed by atoms with Crippen LogP contribution in [0.3, 0.4) is 0 Å². The first-order valence-electron chi connectivity index (χ1n) is 5.69. The molecule has 2 heterocycles. The minimum absolute atomic E-state index is 0.351. The van der Waals surface area contributed by atoms with Crippen LogP contribution in [0.15, 0.2) is 12.5 Å². The Bertz CT molecular complexity index is 358. The van der Waals surface area contributed by atoms with Gasteiger partial charge in [0.2, 0.25) is 0 Å². The topological polar surface area (TPSA) is 38.2 Å². The average Bonchev–Trinajstić information content (AvgIpc) is 2.38. The molecule has 0 amide bonds. The van der Waals surface area contributed by atoms with E-state index >= 15 is 0 Å². The molecule has 0 aromatic carbocycles. The molecule has 0 atom stereocenters. The van der Waals surface area contributed by atoms with Crippen molar-refractivity contribution in [2.45, 2.75) is 18.9 Å². The SMILES string of the molecule is ClCCOC1CCN(c2ncncc2I)CC1. The summed E-state index contributed by atoms with van der Waals surface area (Å²) in [6.45, 7) is 2.62. The molecule has 0 N–H and O–H groups in total. The number of ether oxygens (including phenoxy) is 1. The van der Waals surface area contributed by atoms with Gasteiger partial charge in [-0.15, -0.1) is 11.6 Å². The summed E-state index contributed by atoms with van der Waals surface area (Å²) in [5.74, 6) is 1.61. The van der Waals surface area contributed by atoms with Gasteiger partial charge >= 0.3 is 0 Å². The van der Waals surface area contributed by atoms with Crippen LogP contribution in [-0.4, -0.2) is 41.6 Å². The van der Waals surface area contributed by atoms with Gasteiger partial charge in [0.05, 0.1) is 16.3 Å². The fourth-order valence-corrected chi connectivity index (χ4v) is 2.71. The second-order valence-corrected chi connectivity index (χ2v) is 5.48. The first kappa shape index (κ1) is 13.3. The van der Waals surface area contributed by atoms with Crippen molar-refractivity contribution in [2.75, 3.05) is 30.5 Å². The number of rotatable bonds is 4. The highest BCUT2D eigenvalue weighted by molar-refractivity contribution is 14.1. The third-order valence-electron chi connectivity index (χ3n) is 2.82. The van der Waals surface area contributed by atoms with E-state index in [4.69, 9.17) is 16.3 Å². The molecule has 1 aromatic rings. The average molecular weight is 368 g/mol. The minimum atomic E-state index is 0.351. The van der Waals surface area contributed by atoms with Crippen LogP contribution in [0.1, 0.15) is 12.8 Å². The summed E-state index contributed by atoms with van der Waals surface area (Å²) in [5, 5.41) is 0. The maximum absolute atomic E-state index is 5.65. The highest BCUT2D eigenvalue weighted by atomic mass is 127. The number of nitrogens with zero attached hydrogens (tertiary/aromatic N) is 3. The van der Waals surface area contributed by atoms with Crippen molar-refractivity contribution in [3.8, 4) is 0 Å². The quantitative estimate of drug-likeness (QED) is 0.605. The molecular weight excluding hydrogens is 352 g/mol. The van der Waals surface area contributed by atoms with E-state index in [9.17, 15) is 0 Å². The molecule has 1 aromatic heterocycles. The minimum Gasteiger partial charge on any atom is -0.377 e. The molecule has 6 heteroatoms. The van der Waals surface area contributed by atoms with Crippen molar-refractivity contribution in [3.05, 3.63) is 16.1 Å². The maximum atomic E-state index is 5.65. The van der Waals surface area contributed by atoms with Crippen LogP contribution >= 0.6 is 34.2 Å². The summed E-state index contributed by atoms with van der Waals surface area (Å²) in [6, 6.07) is 0. The number of alkyl halides is 1. The van der Waals surface area contributed by atoms with E-state index in [1.54, 1.807) is 6.33 Å². The summed E-state index contributed by atoms with van der Waals surface area (Å²) < 4.78 is 6.76. The van der Waals surface area contributed by atoms with E-state index in [-0.39, 0.29) is 0 Å². The Morgan fingerprint density at radius 2 is 2.24 bits per heavy atom. The fraction of sp³-hybridized carbons (Fsp3) is 0.636. The van der Waals surface area contributed by atoms with Crippen LogP contribution in [0.4, 0.5) is 5.82 Å². The number of anilines is 1. The third-order valence-corrected chi connectivity index (χ3v) is 3.74. The van der Waals surface area contributed by atoms with E-state index in [1.807, 2.05) is 6.20 Å². The molecule has 1 saturated heterocycles. The summed E-state index contributed by atoms with van der Waals surface area (Å²) in [4.78, 5) is 10.6. The summed E-state index contributed by atoms with van der Waals surface area (Å²) in [6.07, 6.45) is 5.88. The summed E-state index contributed by atoms with van der Waals surface area (Å²) in [7, 11) is 0. The summed E-state index contributed by atoms with van der Waals surface area (Å²) in [5.41, 5.74) is 0. The monoisotopic (exact) mass is 367 g/mol. The van der Waals surface area contributed by atoms with Gasteiger partial charge in [-0.05, 0) is 35.4 Å². The van der Waals surface area contributed by atoms with Gasteiger partial charge in [-0.2, -0.15) is 0 Å². The molecule has 4 nitrogen and oxygen atoms in total. The number of piperidine rings is 1. The molecule has 1 aliphatic heterocycles. The third kappa shape index (κ3) is 3.66. The zero-order chi connectivity index (χ0) is 12.1. The van der Waals surface area contributed by atoms with Gasteiger partial charge in [0.1, 0.15) is 12.1 Å². The second-order valence-electron chi connectivity index (χ2n) is 3.94. The van der Waals surface area contributed by atoms with E-state index in [0.29, 0.717) is 18.6 Å². The molecule has 1 aliphatic rings. The van der Waals surface area contributed by atoms with Gasteiger partial charge in [-0.3, -0.25) is 0 Å². The molecule has 0 radical (unpaired) electrons. The zero-order valence-electron chi connectivity index (χ0n) is 9.48. The van der Waals surface area contributed by atoms with E-state index in [2.05, 4.69) is 37.5 Å². The Labute approximate surface area is 120 Å². The number of halogens is 2. The van der Waals surface area contributed by atoms with Gasteiger partial charge < -0.3 is 9.64 Å². The van der Waals surface area contributed by atoms with Crippen LogP contribution < -0.4 is 4.90 Å². The van der Waals surface area contributed by atoms with Gasteiger partial charge in [-0.1, -0.05) is 0 Å². The van der Waals surface area contributed by atoms with Gasteiger partial charge in [0.25, 0.3) is 0 Å². The van der Waals surface area contributed by atoms with Crippen LogP contribution in [0.2, 0.25) is 0 Å². The molecule has 0 spiro atoms. The standard InChI is InChI=1S/C11H15ClIN3O/c12-3-6-17-9-1-4-16(5-2-9)11-10(13)7-14-8-15-11/h7-9H,1-6H2. The van der Waals surface area contributed by atoms with Crippen molar-refractivity contribution in [3.63, 3.8) is 0 Å². The van der Waals surface area contributed by atoms with Gasteiger partial charge in [0.15, 0.2) is 0 Å². The first-order chi connectivity index (χ1) is 8.31. The molecular formula is C11H15ClIN3O. The zero-order valence-corrected chi connectivity index (χ0v) is 12.4. The second kappa shape index (κ2) is 6.70. The van der Waals surface area contributed by atoms with Crippen LogP contribution in [0.25, 0.3) is 0 Å². The lowest BCUT2D eigenvalue weighted by Crippen LogP contribution is -2.38. The Morgan fingerprint density at radius 1 is 1.47 bits per heavy atom. The predicted octanol–water partition coefficient (Wildman–Crippen LogP) is 2.31. The Balaban J connectivity index is 1.89. The largest absolute Gasteiger partial charge is 0.377 e. The molecule has 0 unspecified atom stereocenters. The van der Waals surface area contributed by atoms with E-state index in [0.717, 1.165) is 35.3 Å². The van der Waals surface area contributed by atoms with Crippen molar-refractivity contribution >= 4 is 40.0 Å². The normalized spacial score (nSPS) is 17.4. The molecule has 2 rings (SSSR count). The lowest BCUT2D eigenvalue weighted by atomic mass is 10.1. The number of hydrogen-bond donors (Lipinski definition) is 0. The van der Waals surface area contributed by atoms with Crippen molar-refractivity contribution in [1.82, 2.24) is 9.97 Å². The van der Waals surface area contributed by atoms with Crippen molar-refractivity contribution in [1.29, 1.82) is 0 Å². The summed E-state index contributed by atoms with van der Waals surface area (Å²) >= 11 is 7.89. The van der Waals surface area contributed by atoms with E-state index in [1.165, 1.54) is 0 Å². The predicted molar refractivity (Wildman–Crippen MR) is 76.7 cm³/mol. The molecule has 0 aliphatic carbocycles. The molecule has 17 heavy (non-hydrogen) atoms.